The van der Waals surface area contributed by atoms with Crippen molar-refractivity contribution in [1.29, 1.82) is 0 Å². The largest absolute Gasteiger partial charge is 0.329 e. The molecule has 0 saturated heterocycles. The zero-order valence-corrected chi connectivity index (χ0v) is 11.7. The van der Waals surface area contributed by atoms with Gasteiger partial charge in [-0.25, -0.2) is 0 Å². The minimum atomic E-state index is 0.682. The lowest BCUT2D eigenvalue weighted by Gasteiger charge is -2.23. The zero-order chi connectivity index (χ0) is 12.0. The number of nitrogens with zero attached hydrogens (tertiary/aromatic N) is 1. The molecule has 2 nitrogen and oxygen atoms in total. The summed E-state index contributed by atoms with van der Waals surface area (Å²) in [6.07, 6.45) is 0. The molecule has 0 atom stereocenters. The Morgan fingerprint density at radius 1 is 1.25 bits per heavy atom. The van der Waals surface area contributed by atoms with Crippen LogP contribution in [0.25, 0.3) is 0 Å². The fourth-order valence-electron chi connectivity index (χ4n) is 1.78. The number of halogens is 1. The van der Waals surface area contributed by atoms with Crippen LogP contribution in [-0.2, 0) is 6.54 Å². The molecule has 1 rings (SSSR count). The molecule has 0 radical (unpaired) electrons. The van der Waals surface area contributed by atoms with Gasteiger partial charge in [-0.3, -0.25) is 4.90 Å². The molecular weight excluding hydrogens is 264 g/mol. The van der Waals surface area contributed by atoms with Crippen molar-refractivity contribution in [3.8, 4) is 0 Å². The van der Waals surface area contributed by atoms with E-state index in [9.17, 15) is 0 Å². The Kier molecular flexibility index (Phi) is 6.03. The molecule has 1 aromatic carbocycles. The van der Waals surface area contributed by atoms with Crippen molar-refractivity contribution in [1.82, 2.24) is 4.90 Å². The van der Waals surface area contributed by atoms with E-state index in [2.05, 4.69) is 58.9 Å². The SMILES string of the molecule is CC(C)CN(CCN)Cc1ccc(Br)cc1. The van der Waals surface area contributed by atoms with Crippen LogP contribution in [0, 0.1) is 5.92 Å². The highest BCUT2D eigenvalue weighted by molar-refractivity contribution is 9.10. The molecule has 0 unspecified atom stereocenters. The predicted molar refractivity (Wildman–Crippen MR) is 73.3 cm³/mol. The fourth-order valence-corrected chi connectivity index (χ4v) is 2.05. The Labute approximate surface area is 107 Å². The summed E-state index contributed by atoms with van der Waals surface area (Å²) >= 11 is 3.45. The summed E-state index contributed by atoms with van der Waals surface area (Å²) in [7, 11) is 0. The molecule has 16 heavy (non-hydrogen) atoms. The first-order valence-corrected chi connectivity index (χ1v) is 6.58. The van der Waals surface area contributed by atoms with Gasteiger partial charge in [0.1, 0.15) is 0 Å². The Morgan fingerprint density at radius 3 is 2.38 bits per heavy atom. The van der Waals surface area contributed by atoms with E-state index in [-0.39, 0.29) is 0 Å². The third-order valence-electron chi connectivity index (χ3n) is 2.39. The lowest BCUT2D eigenvalue weighted by molar-refractivity contribution is 0.242. The molecule has 0 bridgehead atoms. The minimum Gasteiger partial charge on any atom is -0.329 e. The van der Waals surface area contributed by atoms with Crippen molar-refractivity contribution in [3.05, 3.63) is 34.3 Å². The van der Waals surface area contributed by atoms with Gasteiger partial charge in [0.25, 0.3) is 0 Å². The molecule has 0 aliphatic heterocycles. The van der Waals surface area contributed by atoms with Crippen LogP contribution in [0.5, 0.6) is 0 Å². The summed E-state index contributed by atoms with van der Waals surface area (Å²) < 4.78 is 1.13. The van der Waals surface area contributed by atoms with E-state index >= 15 is 0 Å². The standard InChI is InChI=1S/C13H21BrN2/c1-11(2)9-16(8-7-15)10-12-3-5-13(14)6-4-12/h3-6,11H,7-10,15H2,1-2H3. The van der Waals surface area contributed by atoms with E-state index in [0.717, 1.165) is 30.7 Å². The van der Waals surface area contributed by atoms with Crippen molar-refractivity contribution in [2.45, 2.75) is 20.4 Å². The highest BCUT2D eigenvalue weighted by Crippen LogP contribution is 2.12. The molecule has 1 aromatic rings. The van der Waals surface area contributed by atoms with E-state index < -0.39 is 0 Å². The normalized spacial score (nSPS) is 11.4. The second-order valence-electron chi connectivity index (χ2n) is 4.54. The van der Waals surface area contributed by atoms with Crippen LogP contribution < -0.4 is 5.73 Å². The van der Waals surface area contributed by atoms with Gasteiger partial charge in [0.2, 0.25) is 0 Å². The van der Waals surface area contributed by atoms with Crippen LogP contribution in [0.4, 0.5) is 0 Å². The smallest absolute Gasteiger partial charge is 0.0234 e. The van der Waals surface area contributed by atoms with Gasteiger partial charge in [-0.05, 0) is 23.6 Å². The number of benzene rings is 1. The van der Waals surface area contributed by atoms with Gasteiger partial charge in [-0.1, -0.05) is 41.9 Å². The van der Waals surface area contributed by atoms with Crippen LogP contribution >= 0.6 is 15.9 Å². The first kappa shape index (κ1) is 13.7. The molecule has 0 aliphatic rings. The molecule has 0 fully saturated rings. The lowest BCUT2D eigenvalue weighted by Crippen LogP contribution is -2.32. The average molecular weight is 285 g/mol. The van der Waals surface area contributed by atoms with Crippen LogP contribution in [0.15, 0.2) is 28.7 Å². The van der Waals surface area contributed by atoms with Crippen LogP contribution in [-0.4, -0.2) is 24.5 Å². The van der Waals surface area contributed by atoms with Crippen LogP contribution in [0.2, 0.25) is 0 Å². The van der Waals surface area contributed by atoms with Crippen LogP contribution in [0.1, 0.15) is 19.4 Å². The van der Waals surface area contributed by atoms with Gasteiger partial charge in [-0.2, -0.15) is 0 Å². The summed E-state index contributed by atoms with van der Waals surface area (Å²) in [6.45, 7) is 8.27. The summed E-state index contributed by atoms with van der Waals surface area (Å²) in [5.41, 5.74) is 6.98. The van der Waals surface area contributed by atoms with Crippen molar-refractivity contribution in [3.63, 3.8) is 0 Å². The molecule has 0 aromatic heterocycles. The van der Waals surface area contributed by atoms with Gasteiger partial charge in [0.05, 0.1) is 0 Å². The number of nitrogens with two attached hydrogens (primary N) is 1. The predicted octanol–water partition coefficient (Wildman–Crippen LogP) is 2.87. The molecule has 2 N–H and O–H groups in total. The van der Waals surface area contributed by atoms with E-state index in [4.69, 9.17) is 5.73 Å². The van der Waals surface area contributed by atoms with Gasteiger partial charge in [0, 0.05) is 30.7 Å². The van der Waals surface area contributed by atoms with Crippen molar-refractivity contribution in [2.24, 2.45) is 11.7 Å². The van der Waals surface area contributed by atoms with Gasteiger partial charge in [-0.15, -0.1) is 0 Å². The molecule has 0 spiro atoms. The molecular formula is C13H21BrN2. The van der Waals surface area contributed by atoms with Gasteiger partial charge in [0.15, 0.2) is 0 Å². The number of hydrogen-bond acceptors (Lipinski definition) is 2. The summed E-state index contributed by atoms with van der Waals surface area (Å²) in [5, 5.41) is 0. The fraction of sp³-hybridized carbons (Fsp3) is 0.538. The monoisotopic (exact) mass is 284 g/mol. The summed E-state index contributed by atoms with van der Waals surface area (Å²) in [5.74, 6) is 0.682. The third-order valence-corrected chi connectivity index (χ3v) is 2.92. The Bertz CT molecular complexity index is 295. The molecule has 0 amide bonds. The third kappa shape index (κ3) is 5.10. The van der Waals surface area contributed by atoms with Crippen LogP contribution in [0.3, 0.4) is 0 Å². The summed E-state index contributed by atoms with van der Waals surface area (Å²) in [6, 6.07) is 8.50. The maximum Gasteiger partial charge on any atom is 0.0234 e. The first-order valence-electron chi connectivity index (χ1n) is 5.78. The Hall–Kier alpha value is -0.380. The molecule has 90 valence electrons. The van der Waals surface area contributed by atoms with Crippen molar-refractivity contribution < 1.29 is 0 Å². The van der Waals surface area contributed by atoms with Crippen molar-refractivity contribution in [2.75, 3.05) is 19.6 Å². The van der Waals surface area contributed by atoms with E-state index in [1.54, 1.807) is 0 Å². The first-order chi connectivity index (χ1) is 7.61. The zero-order valence-electron chi connectivity index (χ0n) is 10.1. The number of hydrogen-bond donors (Lipinski definition) is 1. The van der Waals surface area contributed by atoms with Gasteiger partial charge >= 0.3 is 0 Å². The van der Waals surface area contributed by atoms with E-state index in [0.29, 0.717) is 5.92 Å². The maximum atomic E-state index is 5.63. The summed E-state index contributed by atoms with van der Waals surface area (Å²) in [4.78, 5) is 2.41. The highest BCUT2D eigenvalue weighted by Gasteiger charge is 2.07. The molecule has 3 heteroatoms. The lowest BCUT2D eigenvalue weighted by atomic mass is 10.1. The maximum absolute atomic E-state index is 5.63. The molecule has 0 saturated carbocycles. The minimum absolute atomic E-state index is 0.682. The molecule has 0 heterocycles. The molecule has 0 aliphatic carbocycles. The highest BCUT2D eigenvalue weighted by atomic mass is 79.9. The Morgan fingerprint density at radius 2 is 1.88 bits per heavy atom. The second kappa shape index (κ2) is 7.05. The second-order valence-corrected chi connectivity index (χ2v) is 5.46. The number of rotatable bonds is 6. The Balaban J connectivity index is 2.56. The average Bonchev–Trinajstić information content (AvgIpc) is 2.21. The van der Waals surface area contributed by atoms with E-state index in [1.807, 2.05) is 0 Å². The van der Waals surface area contributed by atoms with Gasteiger partial charge < -0.3 is 5.73 Å². The topological polar surface area (TPSA) is 29.3 Å². The van der Waals surface area contributed by atoms with E-state index in [1.165, 1.54) is 5.56 Å². The quantitative estimate of drug-likeness (QED) is 0.871. The van der Waals surface area contributed by atoms with Crippen molar-refractivity contribution >= 4 is 15.9 Å².